The molecule has 1 aromatic heterocycles. The number of rotatable bonds is 3. The van der Waals surface area contributed by atoms with Gasteiger partial charge in [-0.1, -0.05) is 43.3 Å². The number of carbonyl (C=O) groups is 1. The van der Waals surface area contributed by atoms with Gasteiger partial charge in [0.15, 0.2) is 5.69 Å². The van der Waals surface area contributed by atoms with Gasteiger partial charge in [0.1, 0.15) is 5.82 Å². The van der Waals surface area contributed by atoms with Gasteiger partial charge in [-0.25, -0.2) is 9.78 Å². The van der Waals surface area contributed by atoms with Gasteiger partial charge in [-0.05, 0) is 12.1 Å². The third-order valence-corrected chi connectivity index (χ3v) is 4.84. The Labute approximate surface area is 164 Å². The SMILES string of the molecule is CCc1nc(C(=O)O)c2n1-c1ccccc1C(c1ccccc1C(F)(F)F)=NC2. The second kappa shape index (κ2) is 6.88. The fourth-order valence-corrected chi connectivity index (χ4v) is 3.62. The first-order chi connectivity index (χ1) is 13.8. The number of para-hydroxylation sites is 1. The quantitative estimate of drug-likeness (QED) is 0.705. The number of fused-ring (bicyclic) bond motifs is 3. The first-order valence-electron chi connectivity index (χ1n) is 8.97. The summed E-state index contributed by atoms with van der Waals surface area (Å²) >= 11 is 0. The monoisotopic (exact) mass is 399 g/mol. The Morgan fingerprint density at radius 2 is 1.76 bits per heavy atom. The summed E-state index contributed by atoms with van der Waals surface area (Å²) in [4.78, 5) is 20.3. The molecule has 0 aliphatic carbocycles. The van der Waals surface area contributed by atoms with Crippen molar-refractivity contribution >= 4 is 11.7 Å². The fourth-order valence-electron chi connectivity index (χ4n) is 3.62. The van der Waals surface area contributed by atoms with Crippen molar-refractivity contribution in [3.8, 4) is 5.69 Å². The molecular weight excluding hydrogens is 383 g/mol. The van der Waals surface area contributed by atoms with E-state index in [1.165, 1.54) is 18.2 Å². The van der Waals surface area contributed by atoms with Crippen LogP contribution in [0.3, 0.4) is 0 Å². The highest BCUT2D eigenvalue weighted by Crippen LogP contribution is 2.35. The van der Waals surface area contributed by atoms with Gasteiger partial charge in [0.2, 0.25) is 0 Å². The van der Waals surface area contributed by atoms with Gasteiger partial charge < -0.3 is 5.11 Å². The van der Waals surface area contributed by atoms with E-state index in [2.05, 4.69) is 9.98 Å². The molecule has 0 unspecified atom stereocenters. The normalized spacial score (nSPS) is 13.3. The van der Waals surface area contributed by atoms with Crippen LogP contribution in [0.25, 0.3) is 5.69 Å². The zero-order valence-corrected chi connectivity index (χ0v) is 15.4. The molecule has 148 valence electrons. The van der Waals surface area contributed by atoms with Crippen LogP contribution < -0.4 is 0 Å². The molecule has 0 bridgehead atoms. The zero-order chi connectivity index (χ0) is 20.8. The van der Waals surface area contributed by atoms with Gasteiger partial charge >= 0.3 is 12.1 Å². The summed E-state index contributed by atoms with van der Waals surface area (Å²) in [5.41, 5.74) is 0.621. The number of aryl methyl sites for hydroxylation is 1. The van der Waals surface area contributed by atoms with Crippen molar-refractivity contribution in [2.75, 3.05) is 0 Å². The summed E-state index contributed by atoms with van der Waals surface area (Å²) in [7, 11) is 0. The van der Waals surface area contributed by atoms with Gasteiger partial charge in [-0.15, -0.1) is 0 Å². The van der Waals surface area contributed by atoms with Crippen LogP contribution in [0.2, 0.25) is 0 Å². The maximum absolute atomic E-state index is 13.6. The maximum Gasteiger partial charge on any atom is 0.417 e. The number of aromatic carboxylic acids is 1. The van der Waals surface area contributed by atoms with Crippen LogP contribution in [0, 0.1) is 0 Å². The van der Waals surface area contributed by atoms with Crippen LogP contribution in [-0.4, -0.2) is 26.3 Å². The number of benzene rings is 2. The lowest BCUT2D eigenvalue weighted by Crippen LogP contribution is -2.15. The van der Waals surface area contributed by atoms with E-state index in [4.69, 9.17) is 0 Å². The first-order valence-corrected chi connectivity index (χ1v) is 8.97. The lowest BCUT2D eigenvalue weighted by atomic mass is 9.96. The van der Waals surface area contributed by atoms with Crippen LogP contribution in [0.1, 0.15) is 45.6 Å². The Hall–Kier alpha value is -3.42. The highest BCUT2D eigenvalue weighted by Gasteiger charge is 2.35. The molecule has 0 fully saturated rings. The van der Waals surface area contributed by atoms with Crippen molar-refractivity contribution in [1.29, 1.82) is 0 Å². The standard InChI is InChI=1S/C21H16F3N3O2/c1-2-17-26-19(20(28)29)16-11-25-18(13-8-4-6-10-15(13)27(16)17)12-7-3-5-9-14(12)21(22,23)24/h3-10H,2,11H2,1H3,(H,28,29). The van der Waals surface area contributed by atoms with Crippen LogP contribution in [0.15, 0.2) is 53.5 Å². The predicted octanol–water partition coefficient (Wildman–Crippen LogP) is 4.50. The number of imidazole rings is 1. The van der Waals surface area contributed by atoms with Crippen LogP contribution in [-0.2, 0) is 19.1 Å². The Kier molecular flexibility index (Phi) is 4.49. The van der Waals surface area contributed by atoms with Crippen molar-refractivity contribution in [2.45, 2.75) is 26.1 Å². The molecule has 1 aliphatic heterocycles. The zero-order valence-electron chi connectivity index (χ0n) is 15.4. The third kappa shape index (κ3) is 3.10. The molecule has 5 nitrogen and oxygen atoms in total. The molecule has 0 saturated heterocycles. The highest BCUT2D eigenvalue weighted by atomic mass is 19.4. The van der Waals surface area contributed by atoms with E-state index in [0.29, 0.717) is 29.2 Å². The maximum atomic E-state index is 13.6. The third-order valence-electron chi connectivity index (χ3n) is 4.84. The molecule has 29 heavy (non-hydrogen) atoms. The first kappa shape index (κ1) is 18.9. The lowest BCUT2D eigenvalue weighted by Gasteiger charge is -2.16. The van der Waals surface area contributed by atoms with Gasteiger partial charge in [0.05, 0.1) is 29.2 Å². The molecule has 0 atom stereocenters. The van der Waals surface area contributed by atoms with E-state index in [1.807, 2.05) is 6.92 Å². The van der Waals surface area contributed by atoms with E-state index >= 15 is 0 Å². The molecule has 1 N–H and O–H groups in total. The molecule has 3 aromatic rings. The highest BCUT2D eigenvalue weighted by molar-refractivity contribution is 6.16. The number of aliphatic imine (C=N–C) groups is 1. The minimum Gasteiger partial charge on any atom is -0.476 e. The minimum atomic E-state index is -4.54. The number of hydrogen-bond donors (Lipinski definition) is 1. The Morgan fingerprint density at radius 3 is 2.41 bits per heavy atom. The molecule has 0 spiro atoms. The number of carboxylic acids is 1. The molecule has 0 saturated carbocycles. The van der Waals surface area contributed by atoms with Gasteiger partial charge in [-0.2, -0.15) is 13.2 Å². The summed E-state index contributed by atoms with van der Waals surface area (Å²) < 4.78 is 42.6. The van der Waals surface area contributed by atoms with Crippen LogP contribution in [0.5, 0.6) is 0 Å². The molecule has 2 aromatic carbocycles. The average molecular weight is 399 g/mol. The summed E-state index contributed by atoms with van der Waals surface area (Å²) in [6, 6.07) is 12.2. The van der Waals surface area contributed by atoms with Crippen LogP contribution >= 0.6 is 0 Å². The molecule has 1 aliphatic rings. The minimum absolute atomic E-state index is 0.0407. The second-order valence-electron chi connectivity index (χ2n) is 6.54. The van der Waals surface area contributed by atoms with E-state index in [-0.39, 0.29) is 23.5 Å². The number of carboxylic acid groups (broad SMARTS) is 1. The average Bonchev–Trinajstić information content (AvgIpc) is 2.98. The summed E-state index contributed by atoms with van der Waals surface area (Å²) in [5.74, 6) is -0.675. The van der Waals surface area contributed by atoms with Gasteiger partial charge in [0, 0.05) is 17.5 Å². The largest absolute Gasteiger partial charge is 0.476 e. The summed E-state index contributed by atoms with van der Waals surface area (Å²) in [5, 5.41) is 9.55. The molecule has 4 rings (SSSR count). The van der Waals surface area contributed by atoms with Gasteiger partial charge in [0.25, 0.3) is 0 Å². The Morgan fingerprint density at radius 1 is 1.10 bits per heavy atom. The smallest absolute Gasteiger partial charge is 0.417 e. The van der Waals surface area contributed by atoms with Crippen molar-refractivity contribution < 1.29 is 23.1 Å². The Balaban J connectivity index is 2.02. The summed E-state index contributed by atoms with van der Waals surface area (Å²) in [6.07, 6.45) is -4.08. The predicted molar refractivity (Wildman–Crippen MR) is 101 cm³/mol. The molecule has 8 heteroatoms. The number of halogens is 3. The lowest BCUT2D eigenvalue weighted by molar-refractivity contribution is -0.137. The second-order valence-corrected chi connectivity index (χ2v) is 6.54. The number of nitrogens with zero attached hydrogens (tertiary/aromatic N) is 3. The van der Waals surface area contributed by atoms with Crippen molar-refractivity contribution in [2.24, 2.45) is 4.99 Å². The topological polar surface area (TPSA) is 67.5 Å². The number of alkyl halides is 3. The van der Waals surface area contributed by atoms with E-state index in [0.717, 1.165) is 6.07 Å². The van der Waals surface area contributed by atoms with Crippen LogP contribution in [0.4, 0.5) is 13.2 Å². The summed E-state index contributed by atoms with van der Waals surface area (Å²) in [6.45, 7) is 1.75. The van der Waals surface area contributed by atoms with E-state index < -0.39 is 17.7 Å². The fraction of sp³-hybridized carbons (Fsp3) is 0.190. The van der Waals surface area contributed by atoms with Crippen molar-refractivity contribution in [3.05, 3.63) is 82.4 Å². The van der Waals surface area contributed by atoms with E-state index in [1.54, 1.807) is 28.8 Å². The van der Waals surface area contributed by atoms with E-state index in [9.17, 15) is 23.1 Å². The van der Waals surface area contributed by atoms with Crippen molar-refractivity contribution in [3.63, 3.8) is 0 Å². The van der Waals surface area contributed by atoms with Gasteiger partial charge in [-0.3, -0.25) is 9.56 Å². The number of aromatic nitrogens is 2. The molecule has 2 heterocycles. The molecular formula is C21H16F3N3O2. The van der Waals surface area contributed by atoms with Crippen molar-refractivity contribution in [1.82, 2.24) is 9.55 Å². The molecule has 0 amide bonds. The molecule has 0 radical (unpaired) electrons. The number of hydrogen-bond acceptors (Lipinski definition) is 3. The Bertz CT molecular complexity index is 1150.